The number of rotatable bonds is 5. The van der Waals surface area contributed by atoms with Crippen LogP contribution < -0.4 is 16.4 Å². The number of para-hydroxylation sites is 1. The molecule has 1 amide bonds. The number of amides is 1. The molecular formula is C20H23N3O7S. The zero-order chi connectivity index (χ0) is 22.4. The molecule has 1 saturated carbocycles. The molecule has 11 heteroatoms. The van der Waals surface area contributed by atoms with E-state index in [1.54, 1.807) is 13.0 Å². The maximum Gasteiger partial charge on any atom is 0.441 e. The minimum Gasteiger partial charge on any atom is -0.406 e. The van der Waals surface area contributed by atoms with Gasteiger partial charge in [-0.1, -0.05) is 18.9 Å². The monoisotopic (exact) mass is 449 g/mol. The highest BCUT2D eigenvalue weighted by Crippen LogP contribution is 2.36. The highest BCUT2D eigenvalue weighted by molar-refractivity contribution is 7.91. The van der Waals surface area contributed by atoms with Gasteiger partial charge in [0.15, 0.2) is 21.2 Å². The van der Waals surface area contributed by atoms with Crippen LogP contribution in [0.1, 0.15) is 32.6 Å². The van der Waals surface area contributed by atoms with Gasteiger partial charge in [-0.25, -0.2) is 13.2 Å². The van der Waals surface area contributed by atoms with E-state index in [0.29, 0.717) is 12.8 Å². The number of ketones is 1. The number of ether oxygens (including phenoxy) is 1. The number of fused-ring (bicyclic) bond motifs is 1. The van der Waals surface area contributed by atoms with Crippen molar-refractivity contribution in [3.05, 3.63) is 28.7 Å². The molecule has 2 aliphatic rings. The number of carbonyl (C=O) groups is 2. The van der Waals surface area contributed by atoms with E-state index in [1.807, 2.05) is 0 Å². The van der Waals surface area contributed by atoms with Gasteiger partial charge in [-0.05, 0) is 31.9 Å². The summed E-state index contributed by atoms with van der Waals surface area (Å²) in [4.78, 5) is 41.2. The summed E-state index contributed by atoms with van der Waals surface area (Å²) in [5.74, 6) is -1.50. The number of Topliss-reactive ketones (excluding diaryl/α,β-unsaturated/α-hetero) is 1. The summed E-state index contributed by atoms with van der Waals surface area (Å²) in [6.45, 7) is 1.67. The first kappa shape index (κ1) is 21.4. The van der Waals surface area contributed by atoms with E-state index in [0.717, 1.165) is 19.1 Å². The van der Waals surface area contributed by atoms with Crippen molar-refractivity contribution < 1.29 is 27.2 Å². The second-order valence-corrected chi connectivity index (χ2v) is 10.1. The molecule has 2 atom stereocenters. The van der Waals surface area contributed by atoms with E-state index in [1.165, 1.54) is 12.1 Å². The summed E-state index contributed by atoms with van der Waals surface area (Å²) in [7, 11) is -3.67. The van der Waals surface area contributed by atoms with Crippen LogP contribution in [0.15, 0.2) is 32.3 Å². The van der Waals surface area contributed by atoms with Crippen LogP contribution in [0.3, 0.4) is 0 Å². The average molecular weight is 449 g/mol. The molecule has 2 unspecified atom stereocenters. The van der Waals surface area contributed by atoms with Gasteiger partial charge in [0.2, 0.25) is 5.91 Å². The number of nitrogens with zero attached hydrogens (tertiary/aromatic N) is 1. The Kier molecular flexibility index (Phi) is 5.34. The van der Waals surface area contributed by atoms with Crippen LogP contribution in [0, 0.1) is 0 Å². The van der Waals surface area contributed by atoms with Crippen molar-refractivity contribution in [3.8, 4) is 0 Å². The van der Waals surface area contributed by atoms with Gasteiger partial charge < -0.3 is 19.8 Å². The van der Waals surface area contributed by atoms with Gasteiger partial charge in [0, 0.05) is 6.26 Å². The smallest absolute Gasteiger partial charge is 0.406 e. The summed E-state index contributed by atoms with van der Waals surface area (Å²) in [6.07, 6.45) is 3.03. The average Bonchev–Trinajstić information content (AvgIpc) is 3.29. The standard InChI is InChI=1S/C20H23N3O7S/c1-11-15(13(24)10-29-11)21-18(25)20(8-3-4-9-20)23-17-12-6-5-7-14(31(2,27)28)16(12)30-19(26)22-17/h5-7,11,15H,3-4,8-10H2,1-2H3,(H,21,25)(H,22,23,26). The maximum absolute atomic E-state index is 13.3. The van der Waals surface area contributed by atoms with Crippen molar-refractivity contribution in [2.24, 2.45) is 0 Å². The highest BCUT2D eigenvalue weighted by Gasteiger charge is 2.45. The van der Waals surface area contributed by atoms with Crippen molar-refractivity contribution in [2.75, 3.05) is 18.2 Å². The van der Waals surface area contributed by atoms with Crippen molar-refractivity contribution in [3.63, 3.8) is 0 Å². The topological polar surface area (TPSA) is 145 Å². The quantitative estimate of drug-likeness (QED) is 0.676. The summed E-state index contributed by atoms with van der Waals surface area (Å²) in [6, 6.07) is 3.69. The number of hydrogen-bond acceptors (Lipinski definition) is 9. The lowest BCUT2D eigenvalue weighted by molar-refractivity contribution is -0.129. The minimum atomic E-state index is -3.67. The molecule has 31 heavy (non-hydrogen) atoms. The first-order valence-corrected chi connectivity index (χ1v) is 11.9. The Labute approximate surface area is 178 Å². The Bertz CT molecular complexity index is 1210. The first-order valence-electron chi connectivity index (χ1n) is 9.98. The molecule has 166 valence electrons. The number of sulfone groups is 1. The van der Waals surface area contributed by atoms with E-state index in [-0.39, 0.29) is 40.0 Å². The first-order chi connectivity index (χ1) is 14.6. The Balaban J connectivity index is 1.74. The molecule has 4 rings (SSSR count). The van der Waals surface area contributed by atoms with Crippen LogP contribution in [-0.4, -0.2) is 55.6 Å². The molecule has 2 aromatic rings. The van der Waals surface area contributed by atoms with Gasteiger partial charge in [-0.3, -0.25) is 9.59 Å². The van der Waals surface area contributed by atoms with Gasteiger partial charge >= 0.3 is 5.76 Å². The molecule has 1 aliphatic carbocycles. The fourth-order valence-corrected chi connectivity index (χ4v) is 5.02. The van der Waals surface area contributed by atoms with Gasteiger partial charge in [-0.2, -0.15) is 4.98 Å². The Morgan fingerprint density at radius 3 is 2.55 bits per heavy atom. The predicted molar refractivity (Wildman–Crippen MR) is 111 cm³/mol. The summed E-state index contributed by atoms with van der Waals surface area (Å²) < 4.78 is 34.7. The van der Waals surface area contributed by atoms with Crippen molar-refractivity contribution >= 4 is 38.3 Å². The van der Waals surface area contributed by atoms with E-state index in [4.69, 9.17) is 9.15 Å². The molecule has 1 aliphatic heterocycles. The van der Waals surface area contributed by atoms with Crippen LogP contribution in [0.4, 0.5) is 5.82 Å². The van der Waals surface area contributed by atoms with Crippen LogP contribution in [0.25, 0.3) is 11.0 Å². The second kappa shape index (κ2) is 7.72. The lowest BCUT2D eigenvalue weighted by Gasteiger charge is -2.31. The fraction of sp³-hybridized carbons (Fsp3) is 0.500. The Morgan fingerprint density at radius 2 is 1.94 bits per heavy atom. The van der Waals surface area contributed by atoms with Crippen LogP contribution in [-0.2, 0) is 24.2 Å². The number of anilines is 1. The molecule has 2 N–H and O–H groups in total. The van der Waals surface area contributed by atoms with Gasteiger partial charge in [0.1, 0.15) is 28.9 Å². The molecule has 10 nitrogen and oxygen atoms in total. The zero-order valence-corrected chi connectivity index (χ0v) is 18.0. The fourth-order valence-electron chi connectivity index (χ4n) is 4.21. The third kappa shape index (κ3) is 3.94. The molecule has 1 aromatic heterocycles. The van der Waals surface area contributed by atoms with Crippen molar-refractivity contribution in [1.29, 1.82) is 0 Å². The third-order valence-corrected chi connectivity index (χ3v) is 6.99. The molecular weight excluding hydrogens is 426 g/mol. The second-order valence-electron chi connectivity index (χ2n) is 8.08. The molecule has 1 aromatic carbocycles. The Morgan fingerprint density at radius 1 is 1.23 bits per heavy atom. The van der Waals surface area contributed by atoms with Crippen LogP contribution in [0.5, 0.6) is 0 Å². The maximum atomic E-state index is 13.3. The SMILES string of the molecule is CC1OCC(=O)C1NC(=O)C1(Nc2nc(=O)oc3c(S(C)(=O)=O)cccc23)CCCC1. The van der Waals surface area contributed by atoms with E-state index in [2.05, 4.69) is 15.6 Å². The lowest BCUT2D eigenvalue weighted by Crippen LogP contribution is -2.56. The predicted octanol–water partition coefficient (Wildman–Crippen LogP) is 0.789. The summed E-state index contributed by atoms with van der Waals surface area (Å²) in [5.41, 5.74) is -1.22. The normalized spacial score (nSPS) is 23.2. The third-order valence-electron chi connectivity index (χ3n) is 5.87. The number of aromatic nitrogens is 1. The van der Waals surface area contributed by atoms with E-state index in [9.17, 15) is 22.8 Å². The van der Waals surface area contributed by atoms with Gasteiger partial charge in [0.25, 0.3) is 0 Å². The number of benzene rings is 1. The molecule has 1 saturated heterocycles. The minimum absolute atomic E-state index is 0.0489. The molecule has 0 radical (unpaired) electrons. The summed E-state index contributed by atoms with van der Waals surface area (Å²) >= 11 is 0. The molecule has 2 fully saturated rings. The molecule has 0 spiro atoms. The van der Waals surface area contributed by atoms with Gasteiger partial charge in [-0.15, -0.1) is 0 Å². The zero-order valence-electron chi connectivity index (χ0n) is 17.1. The largest absolute Gasteiger partial charge is 0.441 e. The van der Waals surface area contributed by atoms with Crippen LogP contribution >= 0.6 is 0 Å². The Hall–Kier alpha value is -2.79. The lowest BCUT2D eigenvalue weighted by atomic mass is 9.94. The van der Waals surface area contributed by atoms with Crippen molar-refractivity contribution in [2.45, 2.75) is 55.2 Å². The van der Waals surface area contributed by atoms with E-state index >= 15 is 0 Å². The summed E-state index contributed by atoms with van der Waals surface area (Å²) in [5, 5.41) is 6.14. The van der Waals surface area contributed by atoms with Crippen LogP contribution in [0.2, 0.25) is 0 Å². The number of carbonyl (C=O) groups excluding carboxylic acids is 2. The number of hydrogen-bond donors (Lipinski definition) is 2. The molecule has 0 bridgehead atoms. The van der Waals surface area contributed by atoms with Crippen molar-refractivity contribution in [1.82, 2.24) is 10.3 Å². The highest BCUT2D eigenvalue weighted by atomic mass is 32.2. The molecule has 2 heterocycles. The van der Waals surface area contributed by atoms with Gasteiger partial charge in [0.05, 0.1) is 11.5 Å². The number of nitrogens with one attached hydrogen (secondary N) is 2. The van der Waals surface area contributed by atoms with E-state index < -0.39 is 33.3 Å².